The van der Waals surface area contributed by atoms with Gasteiger partial charge in [-0.05, 0) is 24.4 Å². The van der Waals surface area contributed by atoms with Gasteiger partial charge in [-0.2, -0.15) is 0 Å². The van der Waals surface area contributed by atoms with Crippen LogP contribution in [0.4, 0.5) is 0 Å². The maximum absolute atomic E-state index is 11.6. The van der Waals surface area contributed by atoms with E-state index >= 15 is 0 Å². The fourth-order valence-corrected chi connectivity index (χ4v) is 1.97. The van der Waals surface area contributed by atoms with Gasteiger partial charge in [0.1, 0.15) is 0 Å². The van der Waals surface area contributed by atoms with Crippen LogP contribution >= 0.6 is 12.2 Å². The summed E-state index contributed by atoms with van der Waals surface area (Å²) in [4.78, 5) is 15.8. The molecular weight excluding hydrogens is 236 g/mol. The first-order valence-electron chi connectivity index (χ1n) is 5.00. The zero-order valence-corrected chi connectivity index (χ0v) is 9.49. The average molecular weight is 244 g/mol. The normalized spacial score (nSPS) is 10.8. The Morgan fingerprint density at radius 2 is 2.06 bits per heavy atom. The molecule has 0 saturated heterocycles. The molecule has 17 heavy (non-hydrogen) atoms. The fraction of sp³-hybridized carbons (Fsp3) is 0. The van der Waals surface area contributed by atoms with E-state index < -0.39 is 0 Å². The van der Waals surface area contributed by atoms with E-state index in [1.165, 1.54) is 4.57 Å². The van der Waals surface area contributed by atoms with E-state index in [0.29, 0.717) is 10.5 Å². The molecule has 2 heterocycles. The molecule has 0 aliphatic rings. The van der Waals surface area contributed by atoms with E-state index in [4.69, 9.17) is 12.2 Å². The summed E-state index contributed by atoms with van der Waals surface area (Å²) in [6, 6.07) is 9.58. The highest BCUT2D eigenvalue weighted by Crippen LogP contribution is 2.14. The lowest BCUT2D eigenvalue weighted by atomic mass is 10.2. The molecule has 0 radical (unpaired) electrons. The van der Waals surface area contributed by atoms with Gasteiger partial charge in [0.2, 0.25) is 4.77 Å². The van der Waals surface area contributed by atoms with Crippen molar-refractivity contribution in [1.82, 2.24) is 19.7 Å². The quantitative estimate of drug-likeness (QED) is 0.641. The van der Waals surface area contributed by atoms with Gasteiger partial charge in [-0.25, -0.2) is 14.5 Å². The Morgan fingerprint density at radius 3 is 2.82 bits per heavy atom. The highest BCUT2D eigenvalue weighted by molar-refractivity contribution is 7.71. The summed E-state index contributed by atoms with van der Waals surface area (Å²) < 4.78 is 1.70. The number of hydrogen-bond donors (Lipinski definition) is 2. The molecule has 0 fully saturated rings. The summed E-state index contributed by atoms with van der Waals surface area (Å²) in [6.45, 7) is 0. The van der Waals surface area contributed by atoms with E-state index in [1.54, 1.807) is 6.20 Å². The summed E-state index contributed by atoms with van der Waals surface area (Å²) in [6.07, 6.45) is 1.63. The van der Waals surface area contributed by atoms with Crippen LogP contribution in [0.25, 0.3) is 16.6 Å². The molecule has 0 amide bonds. The van der Waals surface area contributed by atoms with Gasteiger partial charge in [-0.1, -0.05) is 18.2 Å². The lowest BCUT2D eigenvalue weighted by Gasteiger charge is -2.01. The number of pyridine rings is 1. The summed E-state index contributed by atoms with van der Waals surface area (Å²) in [7, 11) is 0. The molecular formula is C11H8N4OS. The number of rotatable bonds is 1. The molecule has 2 aromatic heterocycles. The highest BCUT2D eigenvalue weighted by Gasteiger charge is 2.04. The third kappa shape index (κ3) is 1.58. The number of nitrogens with zero attached hydrogens (tertiary/aromatic N) is 2. The van der Waals surface area contributed by atoms with E-state index in [9.17, 15) is 4.79 Å². The Morgan fingerprint density at radius 1 is 1.24 bits per heavy atom. The molecule has 0 bridgehead atoms. The summed E-state index contributed by atoms with van der Waals surface area (Å²) >= 11 is 5.03. The lowest BCUT2D eigenvalue weighted by Crippen LogP contribution is -2.14. The van der Waals surface area contributed by atoms with Crippen molar-refractivity contribution in [2.45, 2.75) is 0 Å². The lowest BCUT2D eigenvalue weighted by molar-refractivity contribution is 0.970. The van der Waals surface area contributed by atoms with E-state index in [0.717, 1.165) is 10.9 Å². The second-order valence-electron chi connectivity index (χ2n) is 3.58. The topological polar surface area (TPSA) is 66.5 Å². The first-order chi connectivity index (χ1) is 8.25. The van der Waals surface area contributed by atoms with Crippen molar-refractivity contribution in [3.63, 3.8) is 0 Å². The molecule has 1 aromatic carbocycles. The van der Waals surface area contributed by atoms with Gasteiger partial charge in [-0.3, -0.25) is 10.1 Å². The fourth-order valence-electron chi connectivity index (χ4n) is 1.73. The molecule has 0 spiro atoms. The summed E-state index contributed by atoms with van der Waals surface area (Å²) in [5.41, 5.74) is 1.23. The van der Waals surface area contributed by atoms with Crippen LogP contribution in [0.2, 0.25) is 0 Å². The number of aromatic amines is 2. The molecule has 0 saturated carbocycles. The largest absolute Gasteiger partial charge is 0.347 e. The number of para-hydroxylation sites is 1. The van der Waals surface area contributed by atoms with Crippen LogP contribution in [0, 0.1) is 4.77 Å². The zero-order valence-electron chi connectivity index (χ0n) is 8.68. The van der Waals surface area contributed by atoms with Crippen molar-refractivity contribution >= 4 is 23.1 Å². The Balaban J connectivity index is 2.32. The molecule has 6 heteroatoms. The van der Waals surface area contributed by atoms with Gasteiger partial charge < -0.3 is 0 Å². The van der Waals surface area contributed by atoms with Crippen molar-refractivity contribution in [2.24, 2.45) is 0 Å². The Kier molecular flexibility index (Phi) is 2.15. The third-order valence-corrected chi connectivity index (χ3v) is 2.80. The monoisotopic (exact) mass is 244 g/mol. The van der Waals surface area contributed by atoms with Crippen molar-refractivity contribution in [1.29, 1.82) is 0 Å². The van der Waals surface area contributed by atoms with E-state index in [1.807, 2.05) is 30.3 Å². The molecule has 0 unspecified atom stereocenters. The van der Waals surface area contributed by atoms with Crippen LogP contribution in [0.5, 0.6) is 0 Å². The van der Waals surface area contributed by atoms with Gasteiger partial charge >= 0.3 is 5.69 Å². The van der Waals surface area contributed by atoms with Crippen molar-refractivity contribution in [3.05, 3.63) is 51.8 Å². The number of hydrogen-bond acceptors (Lipinski definition) is 3. The molecule has 84 valence electrons. The van der Waals surface area contributed by atoms with Crippen LogP contribution in [0.3, 0.4) is 0 Å². The van der Waals surface area contributed by atoms with E-state index in [2.05, 4.69) is 15.2 Å². The van der Waals surface area contributed by atoms with Crippen LogP contribution in [-0.2, 0) is 0 Å². The Bertz CT molecular complexity index is 771. The SMILES string of the molecule is O=c1[nH][nH]c(=S)n1-c1cnc2ccccc2c1. The van der Waals surface area contributed by atoms with Gasteiger partial charge in [0.15, 0.2) is 0 Å². The maximum Gasteiger partial charge on any atom is 0.347 e. The van der Waals surface area contributed by atoms with Gasteiger partial charge in [-0.15, -0.1) is 0 Å². The third-order valence-electron chi connectivity index (χ3n) is 2.52. The zero-order chi connectivity index (χ0) is 11.8. The van der Waals surface area contributed by atoms with Crippen molar-refractivity contribution < 1.29 is 0 Å². The van der Waals surface area contributed by atoms with Crippen LogP contribution < -0.4 is 5.69 Å². The molecule has 3 rings (SSSR count). The minimum absolute atomic E-state index is 0.299. The summed E-state index contributed by atoms with van der Waals surface area (Å²) in [5, 5.41) is 6.00. The Labute approximate surface area is 101 Å². The van der Waals surface area contributed by atoms with Crippen molar-refractivity contribution in [2.75, 3.05) is 0 Å². The molecule has 2 N–H and O–H groups in total. The minimum atomic E-state index is -0.299. The standard InChI is InChI=1S/C11H8N4OS/c16-10-13-14-11(17)15(10)8-5-7-3-1-2-4-9(7)12-6-8/h1-6H,(H,13,16)(H,14,17). The van der Waals surface area contributed by atoms with E-state index in [-0.39, 0.29) is 5.69 Å². The number of H-pyrrole nitrogens is 2. The number of nitrogens with one attached hydrogen (secondary N) is 2. The molecule has 0 aliphatic heterocycles. The number of benzene rings is 1. The van der Waals surface area contributed by atoms with Gasteiger partial charge in [0.05, 0.1) is 17.4 Å². The second-order valence-corrected chi connectivity index (χ2v) is 3.97. The molecule has 3 aromatic rings. The van der Waals surface area contributed by atoms with Crippen LogP contribution in [-0.4, -0.2) is 19.7 Å². The maximum atomic E-state index is 11.6. The highest BCUT2D eigenvalue weighted by atomic mass is 32.1. The van der Waals surface area contributed by atoms with Gasteiger partial charge in [0.25, 0.3) is 0 Å². The molecule has 5 nitrogen and oxygen atoms in total. The predicted octanol–water partition coefficient (Wildman–Crippen LogP) is 1.77. The van der Waals surface area contributed by atoms with Crippen LogP contribution in [0.15, 0.2) is 41.3 Å². The van der Waals surface area contributed by atoms with Crippen LogP contribution in [0.1, 0.15) is 0 Å². The van der Waals surface area contributed by atoms with Gasteiger partial charge in [0, 0.05) is 5.39 Å². The Hall–Kier alpha value is -2.21. The number of aromatic nitrogens is 4. The second kappa shape index (κ2) is 3.67. The first kappa shape index (κ1) is 9.98. The predicted molar refractivity (Wildman–Crippen MR) is 66.9 cm³/mol. The van der Waals surface area contributed by atoms with Crippen molar-refractivity contribution in [3.8, 4) is 5.69 Å². The minimum Gasteiger partial charge on any atom is -0.272 e. The summed E-state index contributed by atoms with van der Waals surface area (Å²) in [5.74, 6) is 0. The molecule has 0 atom stereocenters. The first-order valence-corrected chi connectivity index (χ1v) is 5.41. The number of fused-ring (bicyclic) bond motifs is 1. The smallest absolute Gasteiger partial charge is 0.272 e. The average Bonchev–Trinajstić information content (AvgIpc) is 2.68. The molecule has 0 aliphatic carbocycles.